The lowest BCUT2D eigenvalue weighted by Crippen LogP contribution is -2.28. The van der Waals surface area contributed by atoms with Crippen LogP contribution >= 0.6 is 0 Å². The normalized spacial score (nSPS) is 16.5. The first-order chi connectivity index (χ1) is 15.4. The second-order valence-electron chi connectivity index (χ2n) is 7.39. The molecule has 1 amide bonds. The smallest absolute Gasteiger partial charge is 0.263 e. The van der Waals surface area contributed by atoms with E-state index in [2.05, 4.69) is 20.0 Å². The van der Waals surface area contributed by atoms with Gasteiger partial charge in [0.05, 0.1) is 15.9 Å². The molecule has 0 fully saturated rings. The van der Waals surface area contributed by atoms with Gasteiger partial charge in [0.2, 0.25) is 5.91 Å². The van der Waals surface area contributed by atoms with E-state index < -0.39 is 16.1 Å². The standard InChI is InChI=1S/C23H19N5O3S/c1-15(25-22-18-6-2-5-9-21(18)32(30,31)27-22)23(29)26-16-10-12-17(13-11-16)28-14-24-19-7-3-4-8-20(19)28/h2-15H,1H3,(H,25,27)(H,26,29)/t15-/m0/s1. The molecule has 0 unspecified atom stereocenters. The number of rotatable bonds is 4. The third kappa shape index (κ3) is 3.52. The van der Waals surface area contributed by atoms with Gasteiger partial charge in [-0.3, -0.25) is 19.1 Å². The first kappa shape index (κ1) is 20.0. The molecule has 0 bridgehead atoms. The van der Waals surface area contributed by atoms with Crippen LogP contribution in [-0.2, 0) is 14.8 Å². The number of anilines is 1. The number of aliphatic imine (C=N–C) groups is 1. The van der Waals surface area contributed by atoms with Crippen molar-refractivity contribution in [1.29, 1.82) is 0 Å². The Morgan fingerprint density at radius 3 is 2.56 bits per heavy atom. The summed E-state index contributed by atoms with van der Waals surface area (Å²) >= 11 is 0. The van der Waals surface area contributed by atoms with Crippen LogP contribution in [0.1, 0.15) is 12.5 Å². The van der Waals surface area contributed by atoms with Crippen molar-refractivity contribution in [3.8, 4) is 5.69 Å². The molecule has 8 nitrogen and oxygen atoms in total. The summed E-state index contributed by atoms with van der Waals surface area (Å²) in [5, 5.41) is 2.82. The molecule has 3 aromatic carbocycles. The van der Waals surface area contributed by atoms with E-state index in [4.69, 9.17) is 0 Å². The molecule has 1 aromatic heterocycles. The monoisotopic (exact) mass is 445 g/mol. The van der Waals surface area contributed by atoms with Crippen LogP contribution in [0.5, 0.6) is 0 Å². The summed E-state index contributed by atoms with van der Waals surface area (Å²) in [6.45, 7) is 1.61. The fourth-order valence-electron chi connectivity index (χ4n) is 3.60. The highest BCUT2D eigenvalue weighted by Crippen LogP contribution is 2.23. The fourth-order valence-corrected chi connectivity index (χ4v) is 4.84. The number of amides is 1. The van der Waals surface area contributed by atoms with Gasteiger partial charge in [-0.05, 0) is 55.5 Å². The van der Waals surface area contributed by atoms with Gasteiger partial charge in [0.15, 0.2) is 0 Å². The number of hydrogen-bond acceptors (Lipinski definition) is 5. The highest BCUT2D eigenvalue weighted by molar-refractivity contribution is 7.90. The third-order valence-corrected chi connectivity index (χ3v) is 6.63. The number of hydrogen-bond donors (Lipinski definition) is 2. The maximum absolute atomic E-state index is 12.7. The lowest BCUT2D eigenvalue weighted by atomic mass is 10.2. The maximum Gasteiger partial charge on any atom is 0.263 e. The average Bonchev–Trinajstić information content (AvgIpc) is 3.33. The number of sulfonamides is 1. The number of carbonyl (C=O) groups excluding carboxylic acids is 1. The van der Waals surface area contributed by atoms with Crippen LogP contribution in [0.3, 0.4) is 0 Å². The Kier molecular flexibility index (Phi) is 4.75. The highest BCUT2D eigenvalue weighted by Gasteiger charge is 2.31. The summed E-state index contributed by atoms with van der Waals surface area (Å²) in [5.41, 5.74) is 3.89. The van der Waals surface area contributed by atoms with E-state index in [1.807, 2.05) is 41.0 Å². The van der Waals surface area contributed by atoms with Crippen LogP contribution in [0.2, 0.25) is 0 Å². The van der Waals surface area contributed by atoms with E-state index >= 15 is 0 Å². The zero-order valence-electron chi connectivity index (χ0n) is 17.1. The van der Waals surface area contributed by atoms with Crippen LogP contribution in [0.25, 0.3) is 16.7 Å². The zero-order chi connectivity index (χ0) is 22.3. The van der Waals surface area contributed by atoms with Gasteiger partial charge >= 0.3 is 0 Å². The van der Waals surface area contributed by atoms with Crippen LogP contribution < -0.4 is 10.0 Å². The number of imidazole rings is 1. The molecule has 0 saturated heterocycles. The summed E-state index contributed by atoms with van der Waals surface area (Å²) in [5.74, 6) is -0.174. The van der Waals surface area contributed by atoms with Crippen molar-refractivity contribution in [2.45, 2.75) is 17.9 Å². The number of carbonyl (C=O) groups is 1. The summed E-state index contributed by atoms with van der Waals surface area (Å²) in [7, 11) is -3.65. The molecule has 2 N–H and O–H groups in total. The minimum absolute atomic E-state index is 0.161. The number of aromatic nitrogens is 2. The molecule has 0 spiro atoms. The molecule has 1 atom stereocenters. The molecule has 4 aromatic rings. The quantitative estimate of drug-likeness (QED) is 0.504. The first-order valence-corrected chi connectivity index (χ1v) is 11.4. The van der Waals surface area contributed by atoms with Gasteiger partial charge in [-0.2, -0.15) is 0 Å². The van der Waals surface area contributed by atoms with Gasteiger partial charge in [0, 0.05) is 16.9 Å². The minimum Gasteiger partial charge on any atom is -0.324 e. The molecule has 0 radical (unpaired) electrons. The maximum atomic E-state index is 12.7. The Labute approximate surface area is 184 Å². The summed E-state index contributed by atoms with van der Waals surface area (Å²) in [6, 6.07) is 21.0. The molecular weight excluding hydrogens is 426 g/mol. The van der Waals surface area contributed by atoms with E-state index in [1.165, 1.54) is 6.07 Å². The van der Waals surface area contributed by atoms with Gasteiger partial charge in [0.1, 0.15) is 18.2 Å². The molecule has 1 aliphatic rings. The Morgan fingerprint density at radius 2 is 1.75 bits per heavy atom. The molecule has 0 aliphatic carbocycles. The SMILES string of the molecule is C[C@H](N=C1NS(=O)(=O)c2ccccc21)C(=O)Nc1ccc(-n2cnc3ccccc32)cc1. The van der Waals surface area contributed by atoms with Crippen molar-refractivity contribution in [3.05, 3.63) is 84.7 Å². The second kappa shape index (κ2) is 7.61. The minimum atomic E-state index is -3.65. The lowest BCUT2D eigenvalue weighted by molar-refractivity contribution is -0.117. The molecule has 160 valence electrons. The molecular formula is C23H19N5O3S. The van der Waals surface area contributed by atoms with E-state index in [0.29, 0.717) is 11.3 Å². The highest BCUT2D eigenvalue weighted by atomic mass is 32.2. The molecule has 2 heterocycles. The van der Waals surface area contributed by atoms with Crippen LogP contribution in [0.15, 0.2) is 89.0 Å². The van der Waals surface area contributed by atoms with E-state index in [9.17, 15) is 13.2 Å². The number of nitrogens with one attached hydrogen (secondary N) is 2. The second-order valence-corrected chi connectivity index (χ2v) is 9.05. The topological polar surface area (TPSA) is 105 Å². The van der Waals surface area contributed by atoms with Gasteiger partial charge < -0.3 is 5.32 Å². The van der Waals surface area contributed by atoms with Crippen molar-refractivity contribution in [2.24, 2.45) is 4.99 Å². The summed E-state index contributed by atoms with van der Waals surface area (Å²) in [6.07, 6.45) is 1.76. The van der Waals surface area contributed by atoms with Crippen molar-refractivity contribution in [3.63, 3.8) is 0 Å². The Balaban J connectivity index is 1.33. The molecule has 5 rings (SSSR count). The third-order valence-electron chi connectivity index (χ3n) is 5.23. The number of amidine groups is 1. The first-order valence-electron chi connectivity index (χ1n) is 9.96. The molecule has 32 heavy (non-hydrogen) atoms. The van der Waals surface area contributed by atoms with Crippen LogP contribution in [0, 0.1) is 0 Å². The largest absolute Gasteiger partial charge is 0.324 e. The Bertz CT molecular complexity index is 1470. The Morgan fingerprint density at radius 1 is 1.03 bits per heavy atom. The lowest BCUT2D eigenvalue weighted by Gasteiger charge is -2.11. The zero-order valence-corrected chi connectivity index (χ0v) is 17.9. The number of nitrogens with zero attached hydrogens (tertiary/aromatic N) is 3. The predicted molar refractivity (Wildman–Crippen MR) is 122 cm³/mol. The summed E-state index contributed by atoms with van der Waals surface area (Å²) < 4.78 is 28.8. The van der Waals surface area contributed by atoms with Gasteiger partial charge in [-0.25, -0.2) is 13.4 Å². The van der Waals surface area contributed by atoms with Crippen molar-refractivity contribution in [1.82, 2.24) is 14.3 Å². The van der Waals surface area contributed by atoms with Gasteiger partial charge in [-0.1, -0.05) is 24.3 Å². The number of para-hydroxylation sites is 2. The van der Waals surface area contributed by atoms with Crippen molar-refractivity contribution >= 4 is 38.5 Å². The molecule has 9 heteroatoms. The van der Waals surface area contributed by atoms with Gasteiger partial charge in [-0.15, -0.1) is 0 Å². The predicted octanol–water partition coefficient (Wildman–Crippen LogP) is 3.09. The van der Waals surface area contributed by atoms with E-state index in [0.717, 1.165) is 16.7 Å². The molecule has 0 saturated carbocycles. The van der Waals surface area contributed by atoms with Crippen LogP contribution in [0.4, 0.5) is 5.69 Å². The van der Waals surface area contributed by atoms with E-state index in [-0.39, 0.29) is 16.6 Å². The van der Waals surface area contributed by atoms with Crippen molar-refractivity contribution in [2.75, 3.05) is 5.32 Å². The van der Waals surface area contributed by atoms with E-state index in [1.54, 1.807) is 43.6 Å². The fraction of sp³-hybridized carbons (Fsp3) is 0.0870. The molecule has 1 aliphatic heterocycles. The van der Waals surface area contributed by atoms with Crippen LogP contribution in [-0.4, -0.2) is 35.8 Å². The van der Waals surface area contributed by atoms with Gasteiger partial charge in [0.25, 0.3) is 10.0 Å². The average molecular weight is 446 g/mol. The van der Waals surface area contributed by atoms with Crippen molar-refractivity contribution < 1.29 is 13.2 Å². The number of fused-ring (bicyclic) bond motifs is 2. The number of benzene rings is 3. The summed E-state index contributed by atoms with van der Waals surface area (Å²) in [4.78, 5) is 21.5. The Hall–Kier alpha value is -3.98.